The third-order valence-corrected chi connectivity index (χ3v) is 4.28. The van der Waals surface area contributed by atoms with Gasteiger partial charge in [0.05, 0.1) is 5.60 Å². The zero-order chi connectivity index (χ0) is 13.5. The first-order valence-corrected chi connectivity index (χ1v) is 6.83. The fourth-order valence-corrected chi connectivity index (χ4v) is 2.73. The van der Waals surface area contributed by atoms with Crippen molar-refractivity contribution in [3.63, 3.8) is 0 Å². The summed E-state index contributed by atoms with van der Waals surface area (Å²) in [7, 11) is 0. The number of benzene rings is 1. The first-order chi connectivity index (χ1) is 9.07. The van der Waals surface area contributed by atoms with E-state index >= 15 is 0 Å². The highest BCUT2D eigenvalue weighted by Gasteiger charge is 2.45. The molecule has 0 bridgehead atoms. The van der Waals surface area contributed by atoms with Gasteiger partial charge in [-0.3, -0.25) is 4.79 Å². The van der Waals surface area contributed by atoms with E-state index in [4.69, 9.17) is 0 Å². The number of hydrogen-bond donors (Lipinski definition) is 2. The third-order valence-electron chi connectivity index (χ3n) is 4.28. The molecular formula is C15H18FNO2. The van der Waals surface area contributed by atoms with E-state index in [-0.39, 0.29) is 23.6 Å². The Morgan fingerprint density at radius 2 is 2.26 bits per heavy atom. The number of nitrogens with one attached hydrogen (secondary N) is 1. The average molecular weight is 263 g/mol. The predicted molar refractivity (Wildman–Crippen MR) is 69.1 cm³/mol. The van der Waals surface area contributed by atoms with Crippen molar-refractivity contribution in [1.82, 2.24) is 5.32 Å². The monoisotopic (exact) mass is 263 g/mol. The standard InChI is InChI=1S/C15H18FNO2/c16-11-4-1-3-10(7-11)12-8-13(12)14(18)17-9-15(19)5-2-6-15/h1,3-4,7,12-13,19H,2,5-6,8-9H2,(H,17,18). The molecule has 19 heavy (non-hydrogen) atoms. The summed E-state index contributed by atoms with van der Waals surface area (Å²) in [5.41, 5.74) is 0.210. The normalized spacial score (nSPS) is 27.5. The van der Waals surface area contributed by atoms with Crippen molar-refractivity contribution in [2.24, 2.45) is 5.92 Å². The Balaban J connectivity index is 1.53. The van der Waals surface area contributed by atoms with Crippen molar-refractivity contribution < 1.29 is 14.3 Å². The molecule has 1 aromatic rings. The van der Waals surface area contributed by atoms with Crippen molar-refractivity contribution in [3.05, 3.63) is 35.6 Å². The molecule has 2 N–H and O–H groups in total. The van der Waals surface area contributed by atoms with Gasteiger partial charge in [-0.05, 0) is 49.3 Å². The molecule has 2 aliphatic rings. The molecule has 2 unspecified atom stereocenters. The highest BCUT2D eigenvalue weighted by atomic mass is 19.1. The Labute approximate surface area is 111 Å². The minimum atomic E-state index is -0.682. The van der Waals surface area contributed by atoms with Gasteiger partial charge in [0.25, 0.3) is 0 Å². The second-order valence-corrected chi connectivity index (χ2v) is 5.80. The zero-order valence-corrected chi connectivity index (χ0v) is 10.7. The summed E-state index contributed by atoms with van der Waals surface area (Å²) < 4.78 is 13.1. The maximum absolute atomic E-state index is 13.1. The van der Waals surface area contributed by atoms with Gasteiger partial charge in [0.15, 0.2) is 0 Å². The van der Waals surface area contributed by atoms with Crippen LogP contribution in [0.25, 0.3) is 0 Å². The summed E-state index contributed by atoms with van der Waals surface area (Å²) in [6.45, 7) is 0.345. The second-order valence-electron chi connectivity index (χ2n) is 5.80. The minimum Gasteiger partial charge on any atom is -0.388 e. The molecule has 0 spiro atoms. The van der Waals surface area contributed by atoms with Gasteiger partial charge in [-0.2, -0.15) is 0 Å². The molecule has 1 aromatic carbocycles. The lowest BCUT2D eigenvalue weighted by Crippen LogP contribution is -2.48. The van der Waals surface area contributed by atoms with Gasteiger partial charge in [-0.1, -0.05) is 12.1 Å². The summed E-state index contributed by atoms with van der Waals surface area (Å²) in [5, 5.41) is 12.7. The number of halogens is 1. The molecule has 4 heteroatoms. The lowest BCUT2D eigenvalue weighted by molar-refractivity contribution is -0.124. The van der Waals surface area contributed by atoms with Crippen molar-refractivity contribution in [2.45, 2.75) is 37.2 Å². The van der Waals surface area contributed by atoms with Gasteiger partial charge in [-0.15, -0.1) is 0 Å². The first-order valence-electron chi connectivity index (χ1n) is 6.83. The highest BCUT2D eigenvalue weighted by Crippen LogP contribution is 2.47. The number of rotatable bonds is 4. The van der Waals surface area contributed by atoms with Crippen molar-refractivity contribution in [3.8, 4) is 0 Å². The maximum Gasteiger partial charge on any atom is 0.223 e. The quantitative estimate of drug-likeness (QED) is 0.872. The van der Waals surface area contributed by atoms with Crippen LogP contribution in [0.4, 0.5) is 4.39 Å². The van der Waals surface area contributed by atoms with Gasteiger partial charge < -0.3 is 10.4 Å². The van der Waals surface area contributed by atoms with E-state index in [9.17, 15) is 14.3 Å². The molecule has 2 aliphatic carbocycles. The van der Waals surface area contributed by atoms with Gasteiger partial charge in [-0.25, -0.2) is 4.39 Å². The van der Waals surface area contributed by atoms with E-state index in [2.05, 4.69) is 5.32 Å². The van der Waals surface area contributed by atoms with Crippen LogP contribution in [0.2, 0.25) is 0 Å². The smallest absolute Gasteiger partial charge is 0.223 e. The van der Waals surface area contributed by atoms with E-state index in [0.29, 0.717) is 6.54 Å². The molecule has 3 nitrogen and oxygen atoms in total. The summed E-state index contributed by atoms with van der Waals surface area (Å²) in [5.74, 6) is -0.209. The molecule has 1 amide bonds. The van der Waals surface area contributed by atoms with E-state index in [1.54, 1.807) is 6.07 Å². The number of carbonyl (C=O) groups is 1. The summed E-state index contributed by atoms with van der Waals surface area (Å²) in [6.07, 6.45) is 3.34. The Hall–Kier alpha value is -1.42. The fraction of sp³-hybridized carbons (Fsp3) is 0.533. The second kappa shape index (κ2) is 4.60. The van der Waals surface area contributed by atoms with E-state index < -0.39 is 5.60 Å². The van der Waals surface area contributed by atoms with E-state index in [1.807, 2.05) is 6.07 Å². The number of carbonyl (C=O) groups excluding carboxylic acids is 1. The van der Waals surface area contributed by atoms with Crippen LogP contribution < -0.4 is 5.32 Å². The Morgan fingerprint density at radius 1 is 1.47 bits per heavy atom. The number of amides is 1. The summed E-state index contributed by atoms with van der Waals surface area (Å²) >= 11 is 0. The molecule has 0 aliphatic heterocycles. The number of aliphatic hydroxyl groups is 1. The third kappa shape index (κ3) is 2.63. The van der Waals surface area contributed by atoms with Crippen molar-refractivity contribution >= 4 is 5.91 Å². The van der Waals surface area contributed by atoms with Gasteiger partial charge in [0.2, 0.25) is 5.91 Å². The van der Waals surface area contributed by atoms with Gasteiger partial charge in [0.1, 0.15) is 5.82 Å². The lowest BCUT2D eigenvalue weighted by Gasteiger charge is -2.36. The molecule has 3 rings (SSSR count). The number of hydrogen-bond acceptors (Lipinski definition) is 2. The van der Waals surface area contributed by atoms with Gasteiger partial charge >= 0.3 is 0 Å². The molecule has 0 aromatic heterocycles. The predicted octanol–water partition coefficient (Wildman–Crippen LogP) is 1.96. The fourth-order valence-electron chi connectivity index (χ4n) is 2.73. The Morgan fingerprint density at radius 3 is 2.89 bits per heavy atom. The lowest BCUT2D eigenvalue weighted by atomic mass is 9.80. The SMILES string of the molecule is O=C(NCC1(O)CCC1)C1CC1c1cccc(F)c1. The molecule has 2 saturated carbocycles. The topological polar surface area (TPSA) is 49.3 Å². The van der Waals surface area contributed by atoms with E-state index in [0.717, 1.165) is 31.2 Å². The Bertz CT molecular complexity index is 499. The van der Waals surface area contributed by atoms with Crippen LogP contribution in [0, 0.1) is 11.7 Å². The molecule has 102 valence electrons. The maximum atomic E-state index is 13.1. The molecular weight excluding hydrogens is 245 g/mol. The molecule has 0 heterocycles. The highest BCUT2D eigenvalue weighted by molar-refractivity contribution is 5.82. The van der Waals surface area contributed by atoms with Crippen LogP contribution in [0.3, 0.4) is 0 Å². The van der Waals surface area contributed by atoms with Crippen LogP contribution in [-0.2, 0) is 4.79 Å². The van der Waals surface area contributed by atoms with Crippen LogP contribution in [0.15, 0.2) is 24.3 Å². The molecule has 0 saturated heterocycles. The minimum absolute atomic E-state index is 0.0189. The van der Waals surface area contributed by atoms with Crippen LogP contribution in [-0.4, -0.2) is 23.2 Å². The Kier molecular flexibility index (Phi) is 3.05. The average Bonchev–Trinajstić information content (AvgIpc) is 3.14. The zero-order valence-electron chi connectivity index (χ0n) is 10.7. The molecule has 0 radical (unpaired) electrons. The summed E-state index contributed by atoms with van der Waals surface area (Å²) in [6, 6.07) is 6.44. The van der Waals surface area contributed by atoms with Crippen LogP contribution in [0.5, 0.6) is 0 Å². The van der Waals surface area contributed by atoms with Crippen molar-refractivity contribution in [2.75, 3.05) is 6.54 Å². The van der Waals surface area contributed by atoms with Gasteiger partial charge in [0, 0.05) is 12.5 Å². The molecule has 2 fully saturated rings. The van der Waals surface area contributed by atoms with Crippen molar-refractivity contribution in [1.29, 1.82) is 0 Å². The summed E-state index contributed by atoms with van der Waals surface area (Å²) in [4.78, 5) is 11.9. The molecule has 2 atom stereocenters. The largest absolute Gasteiger partial charge is 0.388 e. The van der Waals surface area contributed by atoms with Crippen LogP contribution >= 0.6 is 0 Å². The van der Waals surface area contributed by atoms with E-state index in [1.165, 1.54) is 12.1 Å². The first kappa shape index (κ1) is 12.6. The van der Waals surface area contributed by atoms with Crippen LogP contribution in [0.1, 0.15) is 37.2 Å².